The van der Waals surface area contributed by atoms with Gasteiger partial charge in [0.15, 0.2) is 0 Å². The molecule has 1 rings (SSSR count). The van der Waals surface area contributed by atoms with Crippen molar-refractivity contribution in [3.05, 3.63) is 0 Å². The minimum Gasteiger partial charge on any atom is -0.329 e. The fourth-order valence-electron chi connectivity index (χ4n) is 3.85. The molecule has 0 aliphatic heterocycles. The van der Waals surface area contributed by atoms with E-state index in [4.69, 9.17) is 5.73 Å². The normalized spacial score (nSPS) is 18.9. The Morgan fingerprint density at radius 1 is 0.810 bits per heavy atom. The van der Waals surface area contributed by atoms with Crippen molar-refractivity contribution in [3.63, 3.8) is 0 Å². The molecule has 0 aromatic heterocycles. The van der Waals surface area contributed by atoms with Crippen molar-refractivity contribution in [1.82, 2.24) is 4.90 Å². The third-order valence-electron chi connectivity index (χ3n) is 5.57. The Bertz CT molecular complexity index is 232. The van der Waals surface area contributed by atoms with Crippen molar-refractivity contribution < 1.29 is 0 Å². The van der Waals surface area contributed by atoms with Gasteiger partial charge in [-0.1, -0.05) is 77.6 Å². The molecule has 0 aromatic rings. The standard InChI is InChI=1S/C19H40N2/c1-3-4-5-6-7-8-11-14-17-21(2)19(18-20)15-12-9-10-13-16-19/h3-18,20H2,1-2H3. The lowest BCUT2D eigenvalue weighted by atomic mass is 9.88. The number of unbranched alkanes of at least 4 members (excludes halogenated alkanes) is 7. The zero-order valence-electron chi connectivity index (χ0n) is 14.8. The fraction of sp³-hybridized carbons (Fsp3) is 1.00. The summed E-state index contributed by atoms with van der Waals surface area (Å²) in [4.78, 5) is 2.61. The van der Waals surface area contributed by atoms with Crippen LogP contribution < -0.4 is 5.73 Å². The minimum absolute atomic E-state index is 0.317. The highest BCUT2D eigenvalue weighted by atomic mass is 15.2. The lowest BCUT2D eigenvalue weighted by Gasteiger charge is -2.41. The molecule has 2 N–H and O–H groups in total. The lowest BCUT2D eigenvalue weighted by molar-refractivity contribution is 0.105. The van der Waals surface area contributed by atoms with E-state index in [2.05, 4.69) is 18.9 Å². The molecule has 0 atom stereocenters. The van der Waals surface area contributed by atoms with Gasteiger partial charge in [-0.3, -0.25) is 4.90 Å². The largest absolute Gasteiger partial charge is 0.329 e. The van der Waals surface area contributed by atoms with Gasteiger partial charge < -0.3 is 5.73 Å². The molecule has 0 saturated heterocycles. The van der Waals surface area contributed by atoms with Crippen molar-refractivity contribution in [3.8, 4) is 0 Å². The highest BCUT2D eigenvalue weighted by Crippen LogP contribution is 2.31. The molecule has 0 heterocycles. The first-order chi connectivity index (χ1) is 10.2. The Balaban J connectivity index is 2.14. The van der Waals surface area contributed by atoms with Gasteiger partial charge in [0, 0.05) is 12.1 Å². The maximum atomic E-state index is 6.17. The maximum absolute atomic E-state index is 6.17. The second-order valence-corrected chi connectivity index (χ2v) is 7.24. The first kappa shape index (κ1) is 19.0. The van der Waals surface area contributed by atoms with Crippen LogP contribution >= 0.6 is 0 Å². The number of nitrogens with zero attached hydrogens (tertiary/aromatic N) is 1. The highest BCUT2D eigenvalue weighted by molar-refractivity contribution is 4.91. The molecule has 1 aliphatic carbocycles. The molecule has 2 heteroatoms. The summed E-state index contributed by atoms with van der Waals surface area (Å²) >= 11 is 0. The van der Waals surface area contributed by atoms with Crippen LogP contribution in [0.3, 0.4) is 0 Å². The van der Waals surface area contributed by atoms with E-state index in [1.165, 1.54) is 96.4 Å². The van der Waals surface area contributed by atoms with E-state index >= 15 is 0 Å². The molecule has 0 aromatic carbocycles. The third-order valence-corrected chi connectivity index (χ3v) is 5.57. The van der Waals surface area contributed by atoms with E-state index in [1.54, 1.807) is 0 Å². The molecule has 1 saturated carbocycles. The molecule has 126 valence electrons. The summed E-state index contributed by atoms with van der Waals surface area (Å²) in [7, 11) is 2.32. The molecule has 1 fully saturated rings. The van der Waals surface area contributed by atoms with E-state index in [-0.39, 0.29) is 0 Å². The average Bonchev–Trinajstić information content (AvgIpc) is 2.76. The molecule has 0 radical (unpaired) electrons. The molecule has 0 spiro atoms. The number of hydrogen-bond donors (Lipinski definition) is 1. The Morgan fingerprint density at radius 2 is 1.33 bits per heavy atom. The van der Waals surface area contributed by atoms with Gasteiger partial charge in [0.1, 0.15) is 0 Å². The predicted molar refractivity (Wildman–Crippen MR) is 94.7 cm³/mol. The van der Waals surface area contributed by atoms with Gasteiger partial charge in [0.2, 0.25) is 0 Å². The summed E-state index contributed by atoms with van der Waals surface area (Å²) in [5.74, 6) is 0. The van der Waals surface area contributed by atoms with Crippen LogP contribution in [0.25, 0.3) is 0 Å². The van der Waals surface area contributed by atoms with E-state index < -0.39 is 0 Å². The Labute approximate surface area is 133 Å². The summed E-state index contributed by atoms with van der Waals surface area (Å²) in [6, 6.07) is 0. The van der Waals surface area contributed by atoms with Gasteiger partial charge in [-0.05, 0) is 32.9 Å². The summed E-state index contributed by atoms with van der Waals surface area (Å²) in [5.41, 5.74) is 6.48. The number of nitrogens with two attached hydrogens (primary N) is 1. The van der Waals surface area contributed by atoms with Crippen LogP contribution in [0.5, 0.6) is 0 Å². The number of rotatable bonds is 11. The van der Waals surface area contributed by atoms with Crippen LogP contribution in [0.4, 0.5) is 0 Å². The first-order valence-electron chi connectivity index (χ1n) is 9.66. The van der Waals surface area contributed by atoms with Gasteiger partial charge in [-0.15, -0.1) is 0 Å². The van der Waals surface area contributed by atoms with Crippen LogP contribution in [0.2, 0.25) is 0 Å². The van der Waals surface area contributed by atoms with Gasteiger partial charge in [-0.25, -0.2) is 0 Å². The molecule has 0 bridgehead atoms. The van der Waals surface area contributed by atoms with Crippen molar-refractivity contribution in [2.45, 2.75) is 102 Å². The van der Waals surface area contributed by atoms with Crippen molar-refractivity contribution in [2.75, 3.05) is 20.1 Å². The highest BCUT2D eigenvalue weighted by Gasteiger charge is 2.33. The lowest BCUT2D eigenvalue weighted by Crippen LogP contribution is -2.52. The van der Waals surface area contributed by atoms with E-state index in [9.17, 15) is 0 Å². The monoisotopic (exact) mass is 296 g/mol. The molecule has 1 aliphatic rings. The van der Waals surface area contributed by atoms with Gasteiger partial charge in [0.25, 0.3) is 0 Å². The molecule has 2 nitrogen and oxygen atoms in total. The molecule has 0 unspecified atom stereocenters. The SMILES string of the molecule is CCCCCCCCCCN(C)C1(CN)CCCCCC1. The van der Waals surface area contributed by atoms with Crippen LogP contribution in [-0.4, -0.2) is 30.6 Å². The first-order valence-corrected chi connectivity index (χ1v) is 9.66. The van der Waals surface area contributed by atoms with Gasteiger partial charge in [0.05, 0.1) is 0 Å². The second-order valence-electron chi connectivity index (χ2n) is 7.24. The molecular weight excluding hydrogens is 256 g/mol. The number of likely N-dealkylation sites (N-methyl/N-ethyl adjacent to an activating group) is 1. The van der Waals surface area contributed by atoms with Gasteiger partial charge in [-0.2, -0.15) is 0 Å². The molecule has 21 heavy (non-hydrogen) atoms. The van der Waals surface area contributed by atoms with Gasteiger partial charge >= 0.3 is 0 Å². The number of hydrogen-bond acceptors (Lipinski definition) is 2. The maximum Gasteiger partial charge on any atom is 0.0328 e. The van der Waals surface area contributed by atoms with Crippen molar-refractivity contribution in [2.24, 2.45) is 5.73 Å². The average molecular weight is 297 g/mol. The predicted octanol–water partition coefficient (Wildman–Crippen LogP) is 5.11. The quantitative estimate of drug-likeness (QED) is 0.424. The van der Waals surface area contributed by atoms with Crippen LogP contribution in [-0.2, 0) is 0 Å². The summed E-state index contributed by atoms with van der Waals surface area (Å²) < 4.78 is 0. The summed E-state index contributed by atoms with van der Waals surface area (Å²) in [6.07, 6.45) is 19.5. The molecule has 0 amide bonds. The summed E-state index contributed by atoms with van der Waals surface area (Å²) in [5, 5.41) is 0. The Kier molecular flexibility index (Phi) is 10.4. The van der Waals surface area contributed by atoms with E-state index in [0.717, 1.165) is 6.54 Å². The minimum atomic E-state index is 0.317. The Morgan fingerprint density at radius 3 is 1.86 bits per heavy atom. The topological polar surface area (TPSA) is 29.3 Å². The van der Waals surface area contributed by atoms with Crippen molar-refractivity contribution in [1.29, 1.82) is 0 Å². The van der Waals surface area contributed by atoms with Crippen molar-refractivity contribution >= 4 is 0 Å². The smallest absolute Gasteiger partial charge is 0.0328 e. The molecular formula is C19H40N2. The zero-order valence-corrected chi connectivity index (χ0v) is 14.8. The summed E-state index contributed by atoms with van der Waals surface area (Å²) in [6.45, 7) is 4.38. The Hall–Kier alpha value is -0.0800. The fourth-order valence-corrected chi connectivity index (χ4v) is 3.85. The zero-order chi connectivity index (χ0) is 15.4. The van der Waals surface area contributed by atoms with Crippen LogP contribution in [0.15, 0.2) is 0 Å². The second kappa shape index (κ2) is 11.5. The van der Waals surface area contributed by atoms with Crippen LogP contribution in [0.1, 0.15) is 96.8 Å². The van der Waals surface area contributed by atoms with E-state index in [0.29, 0.717) is 5.54 Å². The van der Waals surface area contributed by atoms with E-state index in [1.807, 2.05) is 0 Å². The van der Waals surface area contributed by atoms with Crippen LogP contribution in [0, 0.1) is 0 Å². The third kappa shape index (κ3) is 7.15.